The van der Waals surface area contributed by atoms with Crippen LogP contribution in [0.3, 0.4) is 0 Å². The first-order valence-corrected chi connectivity index (χ1v) is 10.2. The Morgan fingerprint density at radius 1 is 1.27 bits per heavy atom. The number of nitrogens with zero attached hydrogens (tertiary/aromatic N) is 3. The molecular formula is C16H17N5O3S2. The van der Waals surface area contributed by atoms with Crippen molar-refractivity contribution in [3.05, 3.63) is 47.7 Å². The minimum absolute atomic E-state index is 0.0352. The quantitative estimate of drug-likeness (QED) is 0.639. The van der Waals surface area contributed by atoms with Gasteiger partial charge in [0.2, 0.25) is 15.9 Å². The van der Waals surface area contributed by atoms with E-state index in [9.17, 15) is 13.2 Å². The van der Waals surface area contributed by atoms with Gasteiger partial charge in [0.1, 0.15) is 0 Å². The van der Waals surface area contributed by atoms with E-state index in [1.807, 2.05) is 24.4 Å². The largest absolute Gasteiger partial charge is 0.325 e. The van der Waals surface area contributed by atoms with Gasteiger partial charge in [0.15, 0.2) is 10.8 Å². The van der Waals surface area contributed by atoms with Crippen molar-refractivity contribution in [1.29, 1.82) is 0 Å². The molecular weight excluding hydrogens is 374 g/mol. The number of primary sulfonamides is 1. The number of amides is 1. The average molecular weight is 391 g/mol. The summed E-state index contributed by atoms with van der Waals surface area (Å²) in [6.07, 6.45) is 1.82. The van der Waals surface area contributed by atoms with Crippen molar-refractivity contribution in [3.8, 4) is 0 Å². The smallest absolute Gasteiger partial charge is 0.238 e. The summed E-state index contributed by atoms with van der Waals surface area (Å²) >= 11 is 1.24. The van der Waals surface area contributed by atoms with E-state index in [1.165, 1.54) is 23.9 Å². The molecule has 26 heavy (non-hydrogen) atoms. The van der Waals surface area contributed by atoms with Gasteiger partial charge < -0.3 is 5.32 Å². The Morgan fingerprint density at radius 2 is 2.04 bits per heavy atom. The Morgan fingerprint density at radius 3 is 2.77 bits per heavy atom. The molecule has 3 rings (SSSR count). The molecule has 0 unspecified atom stereocenters. The number of pyridine rings is 1. The summed E-state index contributed by atoms with van der Waals surface area (Å²) in [5, 5.41) is 16.6. The van der Waals surface area contributed by atoms with Crippen molar-refractivity contribution in [2.24, 2.45) is 5.14 Å². The first-order chi connectivity index (χ1) is 12.3. The van der Waals surface area contributed by atoms with E-state index < -0.39 is 10.0 Å². The lowest BCUT2D eigenvalue weighted by atomic mass is 10.1. The van der Waals surface area contributed by atoms with Crippen molar-refractivity contribution in [2.45, 2.75) is 23.9 Å². The first kappa shape index (κ1) is 18.4. The van der Waals surface area contributed by atoms with Crippen LogP contribution in [0.25, 0.3) is 5.65 Å². The van der Waals surface area contributed by atoms with Gasteiger partial charge in [0.25, 0.3) is 0 Å². The summed E-state index contributed by atoms with van der Waals surface area (Å²) in [6, 6.07) is 8.38. The number of nitrogens with two attached hydrogens (primary N) is 1. The van der Waals surface area contributed by atoms with E-state index in [1.54, 1.807) is 18.2 Å². The number of sulfonamides is 1. The zero-order chi connectivity index (χ0) is 18.9. The van der Waals surface area contributed by atoms with E-state index in [0.29, 0.717) is 16.5 Å². The van der Waals surface area contributed by atoms with Crippen molar-refractivity contribution in [3.63, 3.8) is 0 Å². The molecule has 2 heterocycles. The number of nitrogens with one attached hydrogen (secondary N) is 1. The maximum atomic E-state index is 12.3. The van der Waals surface area contributed by atoms with Crippen LogP contribution < -0.4 is 10.5 Å². The van der Waals surface area contributed by atoms with Gasteiger partial charge in [-0.3, -0.25) is 9.20 Å². The van der Waals surface area contributed by atoms with Crippen LogP contribution in [-0.4, -0.2) is 34.7 Å². The third-order valence-electron chi connectivity index (χ3n) is 3.86. The third kappa shape index (κ3) is 3.87. The number of benzene rings is 1. The van der Waals surface area contributed by atoms with Gasteiger partial charge in [-0.15, -0.1) is 10.2 Å². The number of thioether (sulfide) groups is 1. The predicted octanol–water partition coefficient (Wildman–Crippen LogP) is 1.72. The Balaban J connectivity index is 1.75. The Labute approximate surface area is 154 Å². The van der Waals surface area contributed by atoms with Crippen LogP contribution in [0.5, 0.6) is 0 Å². The highest BCUT2D eigenvalue weighted by molar-refractivity contribution is 7.99. The maximum absolute atomic E-state index is 12.3. The van der Waals surface area contributed by atoms with Crippen molar-refractivity contribution >= 4 is 39.0 Å². The van der Waals surface area contributed by atoms with E-state index in [2.05, 4.69) is 15.5 Å². The zero-order valence-corrected chi connectivity index (χ0v) is 15.8. The first-order valence-electron chi connectivity index (χ1n) is 7.62. The monoisotopic (exact) mass is 391 g/mol. The Bertz CT molecular complexity index is 1090. The number of carbonyl (C=O) groups is 1. The van der Waals surface area contributed by atoms with Gasteiger partial charge in [-0.2, -0.15) is 0 Å². The van der Waals surface area contributed by atoms with Crippen LogP contribution >= 0.6 is 11.8 Å². The van der Waals surface area contributed by atoms with Crippen molar-refractivity contribution in [1.82, 2.24) is 14.6 Å². The second-order valence-corrected chi connectivity index (χ2v) is 8.21. The Kier molecular flexibility index (Phi) is 4.99. The molecule has 1 amide bonds. The number of aromatic nitrogens is 3. The summed E-state index contributed by atoms with van der Waals surface area (Å²) in [4.78, 5) is 12.3. The number of hydrogen-bond donors (Lipinski definition) is 2. The third-order valence-corrected chi connectivity index (χ3v) is 5.69. The van der Waals surface area contributed by atoms with Crippen LogP contribution in [0, 0.1) is 13.8 Å². The molecule has 0 bridgehead atoms. The summed E-state index contributed by atoms with van der Waals surface area (Å²) in [7, 11) is -3.85. The van der Waals surface area contributed by atoms with Crippen molar-refractivity contribution < 1.29 is 13.2 Å². The lowest BCUT2D eigenvalue weighted by molar-refractivity contribution is -0.113. The molecule has 0 spiro atoms. The summed E-state index contributed by atoms with van der Waals surface area (Å²) in [5.74, 6) is -0.176. The molecule has 0 aliphatic heterocycles. The summed E-state index contributed by atoms with van der Waals surface area (Å²) in [6.45, 7) is 3.56. The molecule has 8 nitrogen and oxygen atoms in total. The Hall–Kier alpha value is -2.43. The van der Waals surface area contributed by atoms with E-state index in [4.69, 9.17) is 5.14 Å². The van der Waals surface area contributed by atoms with Gasteiger partial charge >= 0.3 is 0 Å². The molecule has 10 heteroatoms. The predicted molar refractivity (Wildman–Crippen MR) is 99.6 cm³/mol. The zero-order valence-electron chi connectivity index (χ0n) is 14.1. The minimum Gasteiger partial charge on any atom is -0.325 e. The second-order valence-electron chi connectivity index (χ2n) is 5.71. The number of carbonyl (C=O) groups excluding carboxylic acids is 1. The summed E-state index contributed by atoms with van der Waals surface area (Å²) in [5.41, 5.74) is 2.63. The SMILES string of the molecule is Cc1cc(S(N)(=O)=O)cc(NC(=O)CSc2nnc3ccccn23)c1C. The maximum Gasteiger partial charge on any atom is 0.238 e. The molecule has 0 saturated heterocycles. The van der Waals surface area contributed by atoms with Crippen molar-refractivity contribution in [2.75, 3.05) is 11.1 Å². The molecule has 0 aliphatic carbocycles. The molecule has 2 aromatic heterocycles. The highest BCUT2D eigenvalue weighted by Crippen LogP contribution is 2.24. The van der Waals surface area contributed by atoms with E-state index in [-0.39, 0.29) is 16.6 Å². The highest BCUT2D eigenvalue weighted by atomic mass is 32.2. The van der Waals surface area contributed by atoms with Crippen LogP contribution in [0.15, 0.2) is 46.6 Å². The normalized spacial score (nSPS) is 11.7. The van der Waals surface area contributed by atoms with E-state index >= 15 is 0 Å². The summed E-state index contributed by atoms with van der Waals surface area (Å²) < 4.78 is 25.0. The molecule has 3 N–H and O–H groups in total. The van der Waals surface area contributed by atoms with Gasteiger partial charge in [0, 0.05) is 11.9 Å². The molecule has 3 aromatic rings. The van der Waals surface area contributed by atoms with Gasteiger partial charge in [-0.1, -0.05) is 17.8 Å². The van der Waals surface area contributed by atoms with Gasteiger partial charge in [-0.25, -0.2) is 13.6 Å². The lowest BCUT2D eigenvalue weighted by Crippen LogP contribution is -2.17. The minimum atomic E-state index is -3.85. The highest BCUT2D eigenvalue weighted by Gasteiger charge is 2.15. The van der Waals surface area contributed by atoms with Gasteiger partial charge in [0.05, 0.1) is 10.6 Å². The lowest BCUT2D eigenvalue weighted by Gasteiger charge is -2.12. The number of hydrogen-bond acceptors (Lipinski definition) is 6. The van der Waals surface area contributed by atoms with Crippen LogP contribution in [-0.2, 0) is 14.8 Å². The number of anilines is 1. The molecule has 0 atom stereocenters. The molecule has 0 aliphatic rings. The molecule has 0 fully saturated rings. The average Bonchev–Trinajstić information content (AvgIpc) is 2.99. The standard InChI is InChI=1S/C16H17N5O3S2/c1-10-7-12(26(17,23)24)8-13(11(10)2)18-15(22)9-25-16-20-19-14-5-3-4-6-21(14)16/h3-8H,9H2,1-2H3,(H,18,22)(H2,17,23,24). The fourth-order valence-corrected chi connectivity index (χ4v) is 3.70. The number of aryl methyl sites for hydroxylation is 1. The molecule has 0 radical (unpaired) electrons. The topological polar surface area (TPSA) is 119 Å². The fourth-order valence-electron chi connectivity index (χ4n) is 2.35. The van der Waals surface area contributed by atoms with E-state index in [0.717, 1.165) is 11.1 Å². The number of rotatable bonds is 5. The van der Waals surface area contributed by atoms with Crippen LogP contribution in [0.1, 0.15) is 11.1 Å². The molecule has 1 aromatic carbocycles. The molecule has 136 valence electrons. The molecule has 0 saturated carbocycles. The number of fused-ring (bicyclic) bond motifs is 1. The van der Waals surface area contributed by atoms with Gasteiger partial charge in [-0.05, 0) is 49.2 Å². The fraction of sp³-hybridized carbons (Fsp3) is 0.188. The van der Waals surface area contributed by atoms with Crippen LogP contribution in [0.4, 0.5) is 5.69 Å². The second kappa shape index (κ2) is 7.06. The van der Waals surface area contributed by atoms with Crippen LogP contribution in [0.2, 0.25) is 0 Å².